The van der Waals surface area contributed by atoms with Gasteiger partial charge in [-0.05, 0) is 60.9 Å². The number of rotatable bonds is 10. The molecule has 2 aliphatic carbocycles. The Kier molecular flexibility index (Phi) is 5.68. The zero-order valence-electron chi connectivity index (χ0n) is 18.1. The van der Waals surface area contributed by atoms with Crippen molar-refractivity contribution in [1.29, 1.82) is 0 Å². The SMILES string of the molecule is COc1ccc(C(CNC(=O)CN(CC2CC2)C2CC2)c2c[nH]c3ccccc23)cc1. The zero-order valence-corrected chi connectivity index (χ0v) is 18.1. The van der Waals surface area contributed by atoms with Crippen molar-refractivity contribution in [2.24, 2.45) is 5.92 Å². The quantitative estimate of drug-likeness (QED) is 0.517. The number of hydrogen-bond acceptors (Lipinski definition) is 3. The average molecular weight is 418 g/mol. The fraction of sp³-hybridized carbons (Fsp3) is 0.423. The van der Waals surface area contributed by atoms with Crippen LogP contribution in [0, 0.1) is 5.92 Å². The zero-order chi connectivity index (χ0) is 21.2. The summed E-state index contributed by atoms with van der Waals surface area (Å²) in [5.41, 5.74) is 3.49. The number of methoxy groups -OCH3 is 1. The number of fused-ring (bicyclic) bond motifs is 1. The van der Waals surface area contributed by atoms with Crippen molar-refractivity contribution in [3.8, 4) is 5.75 Å². The van der Waals surface area contributed by atoms with Gasteiger partial charge in [-0.15, -0.1) is 0 Å². The highest BCUT2D eigenvalue weighted by molar-refractivity contribution is 5.84. The van der Waals surface area contributed by atoms with Crippen molar-refractivity contribution in [2.45, 2.75) is 37.6 Å². The van der Waals surface area contributed by atoms with Crippen LogP contribution >= 0.6 is 0 Å². The minimum absolute atomic E-state index is 0.0730. The van der Waals surface area contributed by atoms with Gasteiger partial charge in [0.15, 0.2) is 0 Å². The molecule has 2 aromatic carbocycles. The highest BCUT2D eigenvalue weighted by Gasteiger charge is 2.34. The molecule has 0 spiro atoms. The monoisotopic (exact) mass is 417 g/mol. The lowest BCUT2D eigenvalue weighted by Gasteiger charge is -2.23. The minimum atomic E-state index is 0.0730. The average Bonchev–Trinajstić information content (AvgIpc) is 3.73. The summed E-state index contributed by atoms with van der Waals surface area (Å²) < 4.78 is 5.34. The Balaban J connectivity index is 1.33. The number of hydrogen-bond donors (Lipinski definition) is 2. The van der Waals surface area contributed by atoms with E-state index in [0.29, 0.717) is 19.1 Å². The Labute approximate surface area is 183 Å². The van der Waals surface area contributed by atoms with Crippen molar-refractivity contribution in [3.63, 3.8) is 0 Å². The van der Waals surface area contributed by atoms with Gasteiger partial charge in [0.05, 0.1) is 13.7 Å². The van der Waals surface area contributed by atoms with Gasteiger partial charge in [0.25, 0.3) is 0 Å². The lowest BCUT2D eigenvalue weighted by atomic mass is 9.90. The highest BCUT2D eigenvalue weighted by atomic mass is 16.5. The Bertz CT molecular complexity index is 1030. The fourth-order valence-corrected chi connectivity index (χ4v) is 4.50. The van der Waals surface area contributed by atoms with Crippen molar-refractivity contribution >= 4 is 16.8 Å². The molecule has 1 unspecified atom stereocenters. The maximum Gasteiger partial charge on any atom is 0.234 e. The molecule has 1 amide bonds. The van der Waals surface area contributed by atoms with E-state index in [9.17, 15) is 4.79 Å². The van der Waals surface area contributed by atoms with Gasteiger partial charge in [-0.2, -0.15) is 0 Å². The van der Waals surface area contributed by atoms with Gasteiger partial charge in [0.1, 0.15) is 5.75 Å². The second-order valence-electron chi connectivity index (χ2n) is 9.02. The normalized spacial score (nSPS) is 17.1. The van der Waals surface area contributed by atoms with Gasteiger partial charge in [0.2, 0.25) is 5.91 Å². The van der Waals surface area contributed by atoms with Crippen LogP contribution in [-0.4, -0.2) is 48.6 Å². The molecule has 5 rings (SSSR count). The second-order valence-corrected chi connectivity index (χ2v) is 9.02. The van der Waals surface area contributed by atoms with Gasteiger partial charge in [-0.1, -0.05) is 30.3 Å². The summed E-state index contributed by atoms with van der Waals surface area (Å²) in [4.78, 5) is 18.7. The molecule has 0 saturated heterocycles. The van der Waals surface area contributed by atoms with Crippen LogP contribution in [0.5, 0.6) is 5.75 Å². The highest BCUT2D eigenvalue weighted by Crippen LogP contribution is 2.35. The number of amides is 1. The number of benzene rings is 2. The van der Waals surface area contributed by atoms with Gasteiger partial charge in [-0.3, -0.25) is 9.69 Å². The van der Waals surface area contributed by atoms with Gasteiger partial charge >= 0.3 is 0 Å². The maximum atomic E-state index is 12.9. The van der Waals surface area contributed by atoms with Gasteiger partial charge in [-0.25, -0.2) is 0 Å². The van der Waals surface area contributed by atoms with Crippen molar-refractivity contribution in [2.75, 3.05) is 26.7 Å². The molecule has 5 heteroatoms. The molecule has 2 fully saturated rings. The van der Waals surface area contributed by atoms with Crippen LogP contribution in [0.25, 0.3) is 10.9 Å². The van der Waals surface area contributed by atoms with Crippen molar-refractivity contribution in [3.05, 3.63) is 65.9 Å². The number of aromatic nitrogens is 1. The first-order valence-electron chi connectivity index (χ1n) is 11.4. The van der Waals surface area contributed by atoms with E-state index < -0.39 is 0 Å². The molecule has 2 N–H and O–H groups in total. The van der Waals surface area contributed by atoms with Crippen molar-refractivity contribution < 1.29 is 9.53 Å². The van der Waals surface area contributed by atoms with E-state index in [-0.39, 0.29) is 11.8 Å². The minimum Gasteiger partial charge on any atom is -0.497 e. The molecule has 1 atom stereocenters. The van der Waals surface area contributed by atoms with Crippen LogP contribution in [-0.2, 0) is 4.79 Å². The summed E-state index contributed by atoms with van der Waals surface area (Å²) in [5, 5.41) is 4.44. The number of para-hydroxylation sites is 1. The summed E-state index contributed by atoms with van der Waals surface area (Å²) in [7, 11) is 1.68. The smallest absolute Gasteiger partial charge is 0.234 e. The lowest BCUT2D eigenvalue weighted by molar-refractivity contribution is -0.122. The van der Waals surface area contributed by atoms with E-state index in [1.165, 1.54) is 42.2 Å². The molecule has 2 saturated carbocycles. The number of aromatic amines is 1. The molecule has 2 aliphatic rings. The number of ether oxygens (including phenoxy) is 1. The first-order valence-corrected chi connectivity index (χ1v) is 11.4. The molecule has 1 aromatic heterocycles. The molecule has 0 aliphatic heterocycles. The maximum absolute atomic E-state index is 12.9. The number of carbonyl (C=O) groups excluding carboxylic acids is 1. The third-order valence-electron chi connectivity index (χ3n) is 6.62. The van der Waals surface area contributed by atoms with Crippen LogP contribution in [0.2, 0.25) is 0 Å². The van der Waals surface area contributed by atoms with Crippen LogP contribution in [0.4, 0.5) is 0 Å². The van der Waals surface area contributed by atoms with Gasteiger partial charge < -0.3 is 15.0 Å². The lowest BCUT2D eigenvalue weighted by Crippen LogP contribution is -2.40. The third kappa shape index (κ3) is 4.77. The first-order chi connectivity index (χ1) is 15.2. The predicted octanol–water partition coefficient (Wildman–Crippen LogP) is 4.30. The molecule has 1 heterocycles. The van der Waals surface area contributed by atoms with Crippen LogP contribution in [0.3, 0.4) is 0 Å². The first kappa shape index (κ1) is 20.1. The summed E-state index contributed by atoms with van der Waals surface area (Å²) in [6, 6.07) is 17.1. The summed E-state index contributed by atoms with van der Waals surface area (Å²) in [5.74, 6) is 1.85. The standard InChI is InChI=1S/C26H31N3O2/c1-31-21-12-8-19(9-13-21)23(24-15-27-25-5-3-2-4-22(24)25)14-28-26(30)17-29(20-10-11-20)16-18-6-7-18/h2-5,8-9,12-13,15,18,20,23,27H,6-7,10-11,14,16-17H2,1H3,(H,28,30). The number of H-pyrrole nitrogens is 1. The Morgan fingerprint density at radius 3 is 2.61 bits per heavy atom. The Morgan fingerprint density at radius 2 is 1.90 bits per heavy atom. The predicted molar refractivity (Wildman–Crippen MR) is 123 cm³/mol. The Hall–Kier alpha value is -2.79. The second kappa shape index (κ2) is 8.75. The molecular weight excluding hydrogens is 386 g/mol. The van der Waals surface area contributed by atoms with Crippen molar-refractivity contribution in [1.82, 2.24) is 15.2 Å². The molecule has 31 heavy (non-hydrogen) atoms. The van der Waals surface area contributed by atoms with E-state index in [1.807, 2.05) is 18.2 Å². The van der Waals surface area contributed by atoms with E-state index >= 15 is 0 Å². The van der Waals surface area contributed by atoms with Crippen LogP contribution in [0.15, 0.2) is 54.7 Å². The summed E-state index contributed by atoms with van der Waals surface area (Å²) in [6.45, 7) is 2.18. The third-order valence-corrected chi connectivity index (χ3v) is 6.62. The molecule has 0 bridgehead atoms. The summed E-state index contributed by atoms with van der Waals surface area (Å²) >= 11 is 0. The number of nitrogens with zero attached hydrogens (tertiary/aromatic N) is 1. The molecular formula is C26H31N3O2. The van der Waals surface area contributed by atoms with E-state index in [2.05, 4.69) is 51.7 Å². The molecule has 0 radical (unpaired) electrons. The number of carbonyl (C=O) groups is 1. The van der Waals surface area contributed by atoms with E-state index in [4.69, 9.17) is 4.74 Å². The number of nitrogens with one attached hydrogen (secondary N) is 2. The van der Waals surface area contributed by atoms with Crippen LogP contribution in [0.1, 0.15) is 42.7 Å². The molecule has 3 aromatic rings. The molecule has 5 nitrogen and oxygen atoms in total. The Morgan fingerprint density at radius 1 is 1.13 bits per heavy atom. The van der Waals surface area contributed by atoms with E-state index in [0.717, 1.165) is 23.7 Å². The van der Waals surface area contributed by atoms with E-state index in [1.54, 1.807) is 7.11 Å². The fourth-order valence-electron chi connectivity index (χ4n) is 4.50. The largest absolute Gasteiger partial charge is 0.497 e. The van der Waals surface area contributed by atoms with Crippen LogP contribution < -0.4 is 10.1 Å². The topological polar surface area (TPSA) is 57.4 Å². The molecule has 162 valence electrons. The summed E-state index contributed by atoms with van der Waals surface area (Å²) in [6.07, 6.45) is 7.21. The van der Waals surface area contributed by atoms with Gasteiger partial charge in [0, 0.05) is 42.1 Å².